The van der Waals surface area contributed by atoms with E-state index in [0.717, 1.165) is 11.1 Å². The van der Waals surface area contributed by atoms with Crippen LogP contribution in [0.3, 0.4) is 0 Å². The van der Waals surface area contributed by atoms with Gasteiger partial charge in [0, 0.05) is 5.56 Å². The van der Waals surface area contributed by atoms with Crippen molar-refractivity contribution in [2.75, 3.05) is 11.9 Å². The summed E-state index contributed by atoms with van der Waals surface area (Å²) in [7, 11) is 0. The Kier molecular flexibility index (Phi) is 6.72. The monoisotopic (exact) mass is 408 g/mol. The first-order chi connectivity index (χ1) is 14.5. The SMILES string of the molecule is Cc1cccc(COc2ccccc2/C=N/NC(=O)CNc2n[nH]c(=O)[nH]c2=O)c1. The van der Waals surface area contributed by atoms with Gasteiger partial charge in [0.15, 0.2) is 0 Å². The summed E-state index contributed by atoms with van der Waals surface area (Å²) < 4.78 is 5.87. The summed E-state index contributed by atoms with van der Waals surface area (Å²) in [4.78, 5) is 36.3. The Labute approximate surface area is 171 Å². The zero-order valence-electron chi connectivity index (χ0n) is 16.1. The zero-order valence-corrected chi connectivity index (χ0v) is 16.1. The molecule has 0 spiro atoms. The maximum absolute atomic E-state index is 11.9. The predicted molar refractivity (Wildman–Crippen MR) is 112 cm³/mol. The van der Waals surface area contributed by atoms with Gasteiger partial charge in [-0.15, -0.1) is 5.10 Å². The lowest BCUT2D eigenvalue weighted by Crippen LogP contribution is -2.31. The van der Waals surface area contributed by atoms with Crippen LogP contribution < -0.4 is 26.7 Å². The standard InChI is InChI=1S/C20H20N6O4/c1-13-5-4-6-14(9-13)12-30-16-8-3-2-7-15(16)10-22-24-17(27)11-21-18-19(28)23-20(29)26-25-18/h2-10H,11-12H2,1H3,(H,21,25)(H,24,27)(H2,23,26,28,29)/b22-10+. The molecule has 154 valence electrons. The average Bonchev–Trinajstić information content (AvgIpc) is 2.72. The molecule has 2 aromatic carbocycles. The Hall–Kier alpha value is -4.21. The molecule has 0 saturated heterocycles. The molecule has 0 saturated carbocycles. The summed E-state index contributed by atoms with van der Waals surface area (Å²) in [6.45, 7) is 2.17. The molecule has 0 aliphatic heterocycles. The van der Waals surface area contributed by atoms with Gasteiger partial charge in [-0.3, -0.25) is 14.6 Å². The van der Waals surface area contributed by atoms with Gasteiger partial charge in [-0.05, 0) is 24.6 Å². The molecule has 1 aromatic heterocycles. The molecule has 0 aliphatic rings. The fraction of sp³-hybridized carbons (Fsp3) is 0.150. The number of aromatic amines is 2. The molecular formula is C20H20N6O4. The molecule has 0 unspecified atom stereocenters. The van der Waals surface area contributed by atoms with Crippen molar-refractivity contribution in [1.82, 2.24) is 20.6 Å². The minimum Gasteiger partial charge on any atom is -0.488 e. The van der Waals surface area contributed by atoms with Crippen molar-refractivity contribution in [2.24, 2.45) is 5.10 Å². The molecule has 0 fully saturated rings. The fourth-order valence-corrected chi connectivity index (χ4v) is 2.53. The molecule has 1 amide bonds. The number of ether oxygens (including phenoxy) is 1. The van der Waals surface area contributed by atoms with Crippen LogP contribution in [-0.2, 0) is 11.4 Å². The summed E-state index contributed by atoms with van der Waals surface area (Å²) in [5.41, 5.74) is 3.77. The van der Waals surface area contributed by atoms with Gasteiger partial charge in [0.05, 0.1) is 12.8 Å². The Balaban J connectivity index is 1.54. The lowest BCUT2D eigenvalue weighted by molar-refractivity contribution is -0.119. The highest BCUT2D eigenvalue weighted by molar-refractivity contribution is 5.86. The van der Waals surface area contributed by atoms with E-state index >= 15 is 0 Å². The lowest BCUT2D eigenvalue weighted by atomic mass is 10.1. The number of benzene rings is 2. The van der Waals surface area contributed by atoms with Crippen LogP contribution >= 0.6 is 0 Å². The number of hydrogen-bond donors (Lipinski definition) is 4. The number of rotatable bonds is 8. The molecule has 0 radical (unpaired) electrons. The minimum atomic E-state index is -0.733. The first-order valence-corrected chi connectivity index (χ1v) is 9.03. The number of amides is 1. The maximum Gasteiger partial charge on any atom is 0.342 e. The highest BCUT2D eigenvalue weighted by Gasteiger charge is 2.05. The molecule has 30 heavy (non-hydrogen) atoms. The Morgan fingerprint density at radius 2 is 2.03 bits per heavy atom. The van der Waals surface area contributed by atoms with Crippen LogP contribution in [0.15, 0.2) is 63.2 Å². The molecule has 1 heterocycles. The third-order valence-corrected chi connectivity index (χ3v) is 3.92. The second-order valence-electron chi connectivity index (χ2n) is 6.32. The number of aromatic nitrogens is 3. The number of aryl methyl sites for hydroxylation is 1. The van der Waals surface area contributed by atoms with E-state index in [1.807, 2.05) is 60.4 Å². The Bertz CT molecular complexity index is 1170. The summed E-state index contributed by atoms with van der Waals surface area (Å²) in [5.74, 6) is -0.0560. The van der Waals surface area contributed by atoms with Crippen LogP contribution in [0.1, 0.15) is 16.7 Å². The van der Waals surface area contributed by atoms with Crippen molar-refractivity contribution in [3.8, 4) is 5.75 Å². The maximum atomic E-state index is 11.9. The number of hydrogen-bond acceptors (Lipinski definition) is 7. The smallest absolute Gasteiger partial charge is 0.342 e. The number of H-pyrrole nitrogens is 2. The van der Waals surface area contributed by atoms with Crippen molar-refractivity contribution < 1.29 is 9.53 Å². The Morgan fingerprint density at radius 1 is 1.20 bits per heavy atom. The average molecular weight is 408 g/mol. The molecule has 4 N–H and O–H groups in total. The third-order valence-electron chi connectivity index (χ3n) is 3.92. The summed E-state index contributed by atoms with van der Waals surface area (Å²) in [5, 5.41) is 12.0. The minimum absolute atomic E-state index is 0.177. The normalized spacial score (nSPS) is 10.7. The molecule has 0 bridgehead atoms. The summed E-state index contributed by atoms with van der Waals surface area (Å²) in [6.07, 6.45) is 1.47. The van der Waals surface area contributed by atoms with Gasteiger partial charge in [0.2, 0.25) is 5.82 Å². The first-order valence-electron chi connectivity index (χ1n) is 9.03. The van der Waals surface area contributed by atoms with Crippen LogP contribution in [0.5, 0.6) is 5.75 Å². The van der Waals surface area contributed by atoms with Crippen molar-refractivity contribution >= 4 is 17.9 Å². The zero-order chi connectivity index (χ0) is 21.3. The number of anilines is 1. The summed E-state index contributed by atoms with van der Waals surface area (Å²) >= 11 is 0. The van der Waals surface area contributed by atoms with Crippen molar-refractivity contribution in [3.63, 3.8) is 0 Å². The van der Waals surface area contributed by atoms with Gasteiger partial charge >= 0.3 is 5.69 Å². The Morgan fingerprint density at radius 3 is 2.83 bits per heavy atom. The molecule has 0 aliphatic carbocycles. The molecule has 3 aromatic rings. The van der Waals surface area contributed by atoms with Crippen LogP contribution in [-0.4, -0.2) is 33.8 Å². The van der Waals surface area contributed by atoms with E-state index in [4.69, 9.17) is 4.74 Å². The van der Waals surface area contributed by atoms with E-state index in [-0.39, 0.29) is 12.4 Å². The van der Waals surface area contributed by atoms with Crippen LogP contribution in [0.2, 0.25) is 0 Å². The first kappa shape index (κ1) is 20.5. The van der Waals surface area contributed by atoms with Crippen molar-refractivity contribution in [1.29, 1.82) is 0 Å². The molecule has 0 atom stereocenters. The molecule has 3 rings (SSSR count). The van der Waals surface area contributed by atoms with E-state index in [0.29, 0.717) is 17.9 Å². The van der Waals surface area contributed by atoms with Crippen LogP contribution in [0, 0.1) is 6.92 Å². The number of hydrazone groups is 1. The quantitative estimate of drug-likeness (QED) is 0.322. The number of carbonyl (C=O) groups excluding carboxylic acids is 1. The fourth-order valence-electron chi connectivity index (χ4n) is 2.53. The number of carbonyl (C=O) groups is 1. The predicted octanol–water partition coefficient (Wildman–Crippen LogP) is 0.908. The van der Waals surface area contributed by atoms with E-state index < -0.39 is 17.2 Å². The number of nitrogens with one attached hydrogen (secondary N) is 4. The molecule has 10 nitrogen and oxygen atoms in total. The van der Waals surface area contributed by atoms with Crippen molar-refractivity contribution in [2.45, 2.75) is 13.5 Å². The van der Waals surface area contributed by atoms with Crippen LogP contribution in [0.25, 0.3) is 0 Å². The van der Waals surface area contributed by atoms with E-state index in [9.17, 15) is 14.4 Å². The van der Waals surface area contributed by atoms with E-state index in [1.165, 1.54) is 6.21 Å². The van der Waals surface area contributed by atoms with E-state index in [1.54, 1.807) is 0 Å². The van der Waals surface area contributed by atoms with Gasteiger partial charge in [-0.1, -0.05) is 42.0 Å². The highest BCUT2D eigenvalue weighted by Crippen LogP contribution is 2.18. The molecular weight excluding hydrogens is 388 g/mol. The summed E-state index contributed by atoms with van der Waals surface area (Å²) in [6, 6.07) is 15.3. The second-order valence-corrected chi connectivity index (χ2v) is 6.32. The molecule has 10 heteroatoms. The number of nitrogens with zero attached hydrogens (tertiary/aromatic N) is 2. The van der Waals surface area contributed by atoms with Gasteiger partial charge in [-0.25, -0.2) is 15.3 Å². The van der Waals surface area contributed by atoms with Gasteiger partial charge in [0.1, 0.15) is 12.4 Å². The lowest BCUT2D eigenvalue weighted by Gasteiger charge is -2.09. The van der Waals surface area contributed by atoms with Gasteiger partial charge in [0.25, 0.3) is 11.5 Å². The second kappa shape index (κ2) is 9.82. The van der Waals surface area contributed by atoms with Crippen molar-refractivity contribution in [3.05, 3.63) is 86.1 Å². The third kappa shape index (κ3) is 5.89. The largest absolute Gasteiger partial charge is 0.488 e. The van der Waals surface area contributed by atoms with Crippen LogP contribution in [0.4, 0.5) is 5.82 Å². The topological polar surface area (TPSA) is 141 Å². The number of para-hydroxylation sites is 1. The van der Waals surface area contributed by atoms with E-state index in [2.05, 4.69) is 26.0 Å². The van der Waals surface area contributed by atoms with Gasteiger partial charge < -0.3 is 10.1 Å². The highest BCUT2D eigenvalue weighted by atomic mass is 16.5. The van der Waals surface area contributed by atoms with Gasteiger partial charge in [-0.2, -0.15) is 5.10 Å².